The van der Waals surface area contributed by atoms with Crippen LogP contribution in [-0.4, -0.2) is 0 Å². The van der Waals surface area contributed by atoms with Crippen LogP contribution in [0.3, 0.4) is 0 Å². The minimum Gasteiger partial charge on any atom is -0.359 e. The third-order valence-electron chi connectivity index (χ3n) is 9.67. The molecule has 0 N–H and O–H groups in total. The van der Waals surface area contributed by atoms with Gasteiger partial charge in [-0.1, -0.05) is 217 Å². The summed E-state index contributed by atoms with van der Waals surface area (Å²) in [6.45, 7) is 9.31. The molecule has 2 aromatic rings. The second kappa shape index (κ2) is 23.7. The molecule has 0 fully saturated rings. The molecule has 43 heavy (non-hydrogen) atoms. The molecule has 2 rings (SSSR count). The van der Waals surface area contributed by atoms with E-state index in [0.29, 0.717) is 0 Å². The Morgan fingerprint density at radius 3 is 0.953 bits per heavy atom. The predicted octanol–water partition coefficient (Wildman–Crippen LogP) is 14.2. The van der Waals surface area contributed by atoms with Gasteiger partial charge in [-0.15, -0.1) is 0 Å². The van der Waals surface area contributed by atoms with Gasteiger partial charge < -0.3 is 4.74 Å². The molecule has 2 unspecified atom stereocenters. The third kappa shape index (κ3) is 14.4. The van der Waals surface area contributed by atoms with Crippen molar-refractivity contribution < 1.29 is 4.74 Å². The summed E-state index contributed by atoms with van der Waals surface area (Å²) in [5, 5.41) is 0. The lowest BCUT2D eigenvalue weighted by Gasteiger charge is -2.46. The van der Waals surface area contributed by atoms with Gasteiger partial charge in [-0.3, -0.25) is 0 Å². The molecule has 0 bridgehead atoms. The van der Waals surface area contributed by atoms with Gasteiger partial charge >= 0.3 is 0 Å². The van der Waals surface area contributed by atoms with Crippen LogP contribution in [0.25, 0.3) is 0 Å². The van der Waals surface area contributed by atoms with Gasteiger partial charge in [0.25, 0.3) is 0 Å². The average molecular weight is 591 g/mol. The van der Waals surface area contributed by atoms with E-state index in [2.05, 4.69) is 88.4 Å². The number of unbranched alkanes of at least 4 members (excludes halogenated alkanes) is 16. The molecule has 1 nitrogen and oxygen atoms in total. The van der Waals surface area contributed by atoms with Crippen molar-refractivity contribution in [3.8, 4) is 0 Å². The van der Waals surface area contributed by atoms with Gasteiger partial charge in [0.15, 0.2) is 0 Å². The Labute approximate surface area is 269 Å². The zero-order valence-electron chi connectivity index (χ0n) is 29.2. The maximum Gasteiger partial charge on any atom is 0.0943 e. The number of rotatable bonds is 28. The maximum atomic E-state index is 7.82. The highest BCUT2D eigenvalue weighted by atomic mass is 16.5. The highest BCUT2D eigenvalue weighted by Gasteiger charge is 2.42. The first-order valence-electron chi connectivity index (χ1n) is 19.0. The van der Waals surface area contributed by atoms with Gasteiger partial charge in [0.1, 0.15) is 0 Å². The Balaban J connectivity index is 2.20. The fraction of sp³-hybridized carbons (Fsp3) is 0.714. The van der Waals surface area contributed by atoms with E-state index in [1.54, 1.807) is 0 Å². The van der Waals surface area contributed by atoms with Gasteiger partial charge in [-0.25, -0.2) is 0 Å². The summed E-state index contributed by atoms with van der Waals surface area (Å²) >= 11 is 0. The molecule has 0 aliphatic heterocycles. The zero-order chi connectivity index (χ0) is 30.9. The van der Waals surface area contributed by atoms with Crippen molar-refractivity contribution in [2.75, 3.05) is 0 Å². The lowest BCUT2D eigenvalue weighted by molar-refractivity contribution is -0.186. The van der Waals surface area contributed by atoms with E-state index >= 15 is 0 Å². The standard InChI is InChI=1S/C42H70O/c1-5-9-11-13-15-17-19-21-29-37-41(35-7-3,39-31-25-23-26-32-39)43-42(36-8-4,40-33-27-24-28-34-40)38-30-22-20-18-16-14-12-10-6-2/h23-28,31-34H,5-22,29-30,35-38H2,1-4H3. The zero-order valence-corrected chi connectivity index (χ0v) is 29.2. The Morgan fingerprint density at radius 1 is 0.349 bits per heavy atom. The van der Waals surface area contributed by atoms with E-state index < -0.39 is 0 Å². The minimum absolute atomic E-state index is 0.235. The average Bonchev–Trinajstić information content (AvgIpc) is 3.04. The Bertz CT molecular complexity index is 803. The summed E-state index contributed by atoms with van der Waals surface area (Å²) in [5.41, 5.74) is 2.31. The van der Waals surface area contributed by atoms with Crippen LogP contribution >= 0.6 is 0 Å². The van der Waals surface area contributed by atoms with Gasteiger partial charge in [0.2, 0.25) is 0 Å². The lowest BCUT2D eigenvalue weighted by Crippen LogP contribution is -2.41. The number of benzene rings is 2. The van der Waals surface area contributed by atoms with E-state index in [4.69, 9.17) is 4.74 Å². The molecular formula is C42H70O. The topological polar surface area (TPSA) is 9.23 Å². The monoisotopic (exact) mass is 591 g/mol. The molecule has 2 atom stereocenters. The van der Waals surface area contributed by atoms with Gasteiger partial charge in [-0.2, -0.15) is 0 Å². The fourth-order valence-corrected chi connectivity index (χ4v) is 7.26. The second-order valence-corrected chi connectivity index (χ2v) is 13.5. The van der Waals surface area contributed by atoms with Crippen LogP contribution in [0.15, 0.2) is 60.7 Å². The highest BCUT2D eigenvalue weighted by molar-refractivity contribution is 5.27. The van der Waals surface area contributed by atoms with Crippen LogP contribution in [0.4, 0.5) is 0 Å². The number of hydrogen-bond donors (Lipinski definition) is 0. The van der Waals surface area contributed by atoms with Gasteiger partial charge in [0.05, 0.1) is 11.2 Å². The first kappa shape index (κ1) is 37.6. The molecule has 244 valence electrons. The summed E-state index contributed by atoms with van der Waals surface area (Å²) in [6.07, 6.45) is 31.3. The highest BCUT2D eigenvalue weighted by Crippen LogP contribution is 2.47. The second-order valence-electron chi connectivity index (χ2n) is 13.5. The van der Waals surface area contributed by atoms with Crippen LogP contribution in [0.2, 0.25) is 0 Å². The summed E-state index contributed by atoms with van der Waals surface area (Å²) in [5.74, 6) is 0. The van der Waals surface area contributed by atoms with Crippen molar-refractivity contribution in [3.63, 3.8) is 0 Å². The first-order chi connectivity index (χ1) is 21.2. The molecule has 2 aromatic carbocycles. The normalized spacial score (nSPS) is 14.4. The summed E-state index contributed by atoms with van der Waals surface area (Å²) in [7, 11) is 0. The summed E-state index contributed by atoms with van der Waals surface area (Å²) in [4.78, 5) is 0. The van der Waals surface area contributed by atoms with E-state index in [1.165, 1.54) is 127 Å². The van der Waals surface area contributed by atoms with Crippen LogP contribution < -0.4 is 0 Å². The molecule has 0 spiro atoms. The van der Waals surface area contributed by atoms with Crippen molar-refractivity contribution in [2.24, 2.45) is 0 Å². The first-order valence-corrected chi connectivity index (χ1v) is 19.0. The molecule has 0 radical (unpaired) electrons. The number of ether oxygens (including phenoxy) is 1. The minimum atomic E-state index is -0.235. The molecule has 1 heteroatoms. The maximum absolute atomic E-state index is 7.82. The third-order valence-corrected chi connectivity index (χ3v) is 9.67. The molecular weight excluding hydrogens is 520 g/mol. The smallest absolute Gasteiger partial charge is 0.0943 e. The Morgan fingerprint density at radius 2 is 0.651 bits per heavy atom. The van der Waals surface area contributed by atoms with Crippen LogP contribution in [-0.2, 0) is 15.9 Å². The lowest BCUT2D eigenvalue weighted by atomic mass is 9.79. The van der Waals surface area contributed by atoms with Crippen LogP contribution in [0.1, 0.15) is 193 Å². The van der Waals surface area contributed by atoms with E-state index in [0.717, 1.165) is 38.5 Å². The quantitative estimate of drug-likeness (QED) is 0.0896. The molecule has 0 aromatic heterocycles. The molecule has 0 aliphatic carbocycles. The van der Waals surface area contributed by atoms with Crippen molar-refractivity contribution in [1.29, 1.82) is 0 Å². The predicted molar refractivity (Wildman–Crippen MR) is 191 cm³/mol. The Kier molecular flexibility index (Phi) is 20.7. The molecule has 0 amide bonds. The van der Waals surface area contributed by atoms with E-state index in [1.807, 2.05) is 0 Å². The van der Waals surface area contributed by atoms with E-state index in [9.17, 15) is 0 Å². The van der Waals surface area contributed by atoms with Crippen molar-refractivity contribution in [1.82, 2.24) is 0 Å². The van der Waals surface area contributed by atoms with Crippen molar-refractivity contribution >= 4 is 0 Å². The molecule has 0 saturated carbocycles. The molecule has 0 saturated heterocycles. The summed E-state index contributed by atoms with van der Waals surface area (Å²) < 4.78 is 7.82. The van der Waals surface area contributed by atoms with Crippen molar-refractivity contribution in [2.45, 2.75) is 193 Å². The number of hydrogen-bond acceptors (Lipinski definition) is 1. The van der Waals surface area contributed by atoms with Gasteiger partial charge in [0, 0.05) is 0 Å². The van der Waals surface area contributed by atoms with Crippen molar-refractivity contribution in [3.05, 3.63) is 71.8 Å². The van der Waals surface area contributed by atoms with Crippen LogP contribution in [0.5, 0.6) is 0 Å². The fourth-order valence-electron chi connectivity index (χ4n) is 7.26. The SMILES string of the molecule is CCCCCCCCCCCC(CCC)(OC(CCC)(CCCCCCCCCCC)c1ccccc1)c1ccccc1. The Hall–Kier alpha value is -1.60. The molecule has 0 heterocycles. The summed E-state index contributed by atoms with van der Waals surface area (Å²) in [6, 6.07) is 22.6. The van der Waals surface area contributed by atoms with Gasteiger partial charge in [-0.05, 0) is 36.8 Å². The molecule has 0 aliphatic rings. The van der Waals surface area contributed by atoms with E-state index in [-0.39, 0.29) is 11.2 Å². The largest absolute Gasteiger partial charge is 0.359 e. The van der Waals surface area contributed by atoms with Crippen LogP contribution in [0, 0.1) is 0 Å².